The molecule has 0 unspecified atom stereocenters. The molecule has 0 bridgehead atoms. The van der Waals surface area contributed by atoms with E-state index in [1.807, 2.05) is 18.0 Å². The molecule has 2 saturated heterocycles. The van der Waals surface area contributed by atoms with Gasteiger partial charge in [0.1, 0.15) is 12.4 Å². The van der Waals surface area contributed by atoms with Crippen LogP contribution in [0.4, 0.5) is 15.9 Å². The summed E-state index contributed by atoms with van der Waals surface area (Å²) in [7, 11) is 3.76. The number of piperazine rings is 1. The highest BCUT2D eigenvalue weighted by Crippen LogP contribution is 2.37. The first-order valence-corrected chi connectivity index (χ1v) is 15.6. The van der Waals surface area contributed by atoms with Gasteiger partial charge in [-0.05, 0) is 43.8 Å². The Morgan fingerprint density at radius 2 is 1.98 bits per heavy atom. The number of likely N-dealkylation sites (N-methyl/N-ethyl adjacent to an activating group) is 1. The summed E-state index contributed by atoms with van der Waals surface area (Å²) >= 11 is 0. The summed E-state index contributed by atoms with van der Waals surface area (Å²) in [5.41, 5.74) is 2.13. The quantitative estimate of drug-likeness (QED) is 0.372. The standard InChI is InChI=1S/C34H40FN7O4/c1-22-7-5-8-24-9-6-10-29(30(22)24)40-14-11-27-28(19-40)37-33(46-20-25-17-26(45-4)18-39(25)3)38-31(27)41-15-16-42(32(43)23(2)35)34(44,21-41)12-13-36/h5-10,25-26,44H,2,11-12,14-21H2,1,3-4H3/t25-,26+,34-/m0/s1. The summed E-state index contributed by atoms with van der Waals surface area (Å²) in [5, 5.41) is 23.4. The average molecular weight is 630 g/mol. The fourth-order valence-electron chi connectivity index (χ4n) is 7.05. The molecule has 0 radical (unpaired) electrons. The van der Waals surface area contributed by atoms with Crippen LogP contribution in [0.25, 0.3) is 10.8 Å². The van der Waals surface area contributed by atoms with Gasteiger partial charge in [0.25, 0.3) is 5.91 Å². The fraction of sp³-hybridized carbons (Fsp3) is 0.471. The minimum atomic E-state index is -1.93. The van der Waals surface area contributed by atoms with E-state index in [1.165, 1.54) is 16.3 Å². The molecule has 11 nitrogen and oxygen atoms in total. The smallest absolute Gasteiger partial charge is 0.318 e. The number of hydrogen-bond donors (Lipinski definition) is 1. The molecule has 3 atom stereocenters. The first kappa shape index (κ1) is 31.7. The van der Waals surface area contributed by atoms with Gasteiger partial charge in [-0.3, -0.25) is 9.69 Å². The topological polar surface area (TPSA) is 118 Å². The Kier molecular flexibility index (Phi) is 8.83. The van der Waals surface area contributed by atoms with Crippen LogP contribution in [0.2, 0.25) is 0 Å². The fourth-order valence-corrected chi connectivity index (χ4v) is 7.05. The van der Waals surface area contributed by atoms with Crippen LogP contribution in [0.5, 0.6) is 6.01 Å². The van der Waals surface area contributed by atoms with Gasteiger partial charge in [-0.25, -0.2) is 4.39 Å². The van der Waals surface area contributed by atoms with Gasteiger partial charge in [0.15, 0.2) is 11.6 Å². The van der Waals surface area contributed by atoms with Crippen molar-refractivity contribution >= 4 is 28.2 Å². The van der Waals surface area contributed by atoms with Crippen LogP contribution >= 0.6 is 0 Å². The molecule has 1 aromatic heterocycles. The van der Waals surface area contributed by atoms with Gasteiger partial charge in [-0.15, -0.1) is 0 Å². The Morgan fingerprint density at radius 3 is 2.70 bits per heavy atom. The molecule has 1 amide bonds. The lowest BCUT2D eigenvalue weighted by Crippen LogP contribution is -2.64. The third-order valence-corrected chi connectivity index (χ3v) is 9.52. The first-order valence-electron chi connectivity index (χ1n) is 15.6. The van der Waals surface area contributed by atoms with Gasteiger partial charge >= 0.3 is 6.01 Å². The highest BCUT2D eigenvalue weighted by atomic mass is 19.1. The summed E-state index contributed by atoms with van der Waals surface area (Å²) in [6.07, 6.45) is 1.19. The SMILES string of the molecule is C=C(F)C(=O)N1CCN(c2nc(OC[C@@H]3C[C@@H](OC)CN3C)nc3c2CCN(c2cccc4cccc(C)c24)C3)C[C@@]1(O)CC#N. The van der Waals surface area contributed by atoms with E-state index in [2.05, 4.69) is 59.7 Å². The van der Waals surface area contributed by atoms with Crippen LogP contribution < -0.4 is 14.5 Å². The van der Waals surface area contributed by atoms with Crippen LogP contribution in [0.1, 0.15) is 29.7 Å². The zero-order valence-electron chi connectivity index (χ0n) is 26.6. The van der Waals surface area contributed by atoms with E-state index < -0.39 is 23.9 Å². The molecule has 0 saturated carbocycles. The second kappa shape index (κ2) is 12.8. The molecule has 6 rings (SSSR count). The number of hydrogen-bond acceptors (Lipinski definition) is 10. The molecule has 2 aromatic carbocycles. The highest BCUT2D eigenvalue weighted by Gasteiger charge is 2.45. The number of β-amino-alcohol motifs (C(OH)–C–C–N with tert-alkyl or cyclic N) is 1. The maximum absolute atomic E-state index is 13.9. The number of nitrogens with zero attached hydrogens (tertiary/aromatic N) is 7. The Morgan fingerprint density at radius 1 is 1.20 bits per heavy atom. The number of carbonyl (C=O) groups is 1. The third-order valence-electron chi connectivity index (χ3n) is 9.52. The third kappa shape index (κ3) is 5.98. The number of rotatable bonds is 8. The number of aryl methyl sites for hydroxylation is 1. The number of carbonyl (C=O) groups excluding carboxylic acids is 1. The molecule has 3 aliphatic rings. The Balaban J connectivity index is 1.35. The Labute approximate surface area is 268 Å². The maximum Gasteiger partial charge on any atom is 0.318 e. The number of benzene rings is 2. The summed E-state index contributed by atoms with van der Waals surface area (Å²) in [6.45, 7) is 7.77. The minimum Gasteiger partial charge on any atom is -0.462 e. The van der Waals surface area contributed by atoms with Crippen LogP contribution in [0, 0.1) is 18.3 Å². The number of fused-ring (bicyclic) bond motifs is 2. The van der Waals surface area contributed by atoms with Crippen LogP contribution in [-0.4, -0.2) is 102 Å². The lowest BCUT2D eigenvalue weighted by Gasteiger charge is -2.47. The first-order chi connectivity index (χ1) is 22.1. The summed E-state index contributed by atoms with van der Waals surface area (Å²) in [6, 6.07) is 14.9. The highest BCUT2D eigenvalue weighted by molar-refractivity contribution is 5.97. The Hall–Kier alpha value is -4.31. The normalized spacial score (nSPS) is 23.3. The van der Waals surface area contributed by atoms with Crippen molar-refractivity contribution in [3.63, 3.8) is 0 Å². The summed E-state index contributed by atoms with van der Waals surface area (Å²) in [4.78, 5) is 29.7. The minimum absolute atomic E-state index is 0.0123. The molecule has 2 fully saturated rings. The number of halogens is 1. The molecular weight excluding hydrogens is 589 g/mol. The van der Waals surface area contributed by atoms with Crippen LogP contribution in [0.3, 0.4) is 0 Å². The monoisotopic (exact) mass is 629 g/mol. The van der Waals surface area contributed by atoms with Crippen molar-refractivity contribution in [3.8, 4) is 12.1 Å². The molecule has 4 heterocycles. The van der Waals surface area contributed by atoms with Crippen LogP contribution in [0.15, 0.2) is 48.8 Å². The van der Waals surface area contributed by atoms with Gasteiger partial charge in [0, 0.05) is 56.0 Å². The lowest BCUT2D eigenvalue weighted by molar-refractivity contribution is -0.158. The molecule has 3 aromatic rings. The van der Waals surface area contributed by atoms with E-state index in [4.69, 9.17) is 19.4 Å². The van der Waals surface area contributed by atoms with Crippen molar-refractivity contribution < 1.29 is 23.8 Å². The van der Waals surface area contributed by atoms with Crippen molar-refractivity contribution in [2.75, 3.05) is 63.3 Å². The number of aliphatic hydroxyl groups is 1. The molecule has 0 aliphatic carbocycles. The largest absolute Gasteiger partial charge is 0.462 e. The van der Waals surface area contributed by atoms with E-state index >= 15 is 0 Å². The van der Waals surface area contributed by atoms with E-state index in [1.54, 1.807) is 7.11 Å². The summed E-state index contributed by atoms with van der Waals surface area (Å²) in [5.74, 6) is -1.62. The molecule has 1 N–H and O–H groups in total. The predicted molar refractivity (Wildman–Crippen MR) is 172 cm³/mol. The number of aromatic nitrogens is 2. The maximum atomic E-state index is 13.9. The average Bonchev–Trinajstić information content (AvgIpc) is 3.41. The molecule has 3 aliphatic heterocycles. The van der Waals surface area contributed by atoms with Gasteiger partial charge < -0.3 is 29.3 Å². The molecule has 12 heteroatoms. The van der Waals surface area contributed by atoms with Crippen molar-refractivity contribution in [1.82, 2.24) is 19.8 Å². The zero-order chi connectivity index (χ0) is 32.6. The molecular formula is C34H40FN7O4. The second-order valence-corrected chi connectivity index (χ2v) is 12.5. The molecule has 46 heavy (non-hydrogen) atoms. The number of anilines is 2. The van der Waals surface area contributed by atoms with E-state index in [-0.39, 0.29) is 37.8 Å². The van der Waals surface area contributed by atoms with Crippen molar-refractivity contribution in [1.29, 1.82) is 5.26 Å². The predicted octanol–water partition coefficient (Wildman–Crippen LogP) is 3.33. The van der Waals surface area contributed by atoms with Crippen molar-refractivity contribution in [2.45, 2.75) is 50.6 Å². The van der Waals surface area contributed by atoms with Gasteiger partial charge in [0.2, 0.25) is 0 Å². The van der Waals surface area contributed by atoms with E-state index in [0.29, 0.717) is 31.9 Å². The van der Waals surface area contributed by atoms with E-state index in [9.17, 15) is 19.6 Å². The number of nitriles is 1. The van der Waals surface area contributed by atoms with Gasteiger partial charge in [0.05, 0.1) is 37.4 Å². The van der Waals surface area contributed by atoms with Crippen molar-refractivity contribution in [3.05, 3.63) is 65.6 Å². The molecule has 242 valence electrons. The van der Waals surface area contributed by atoms with Crippen molar-refractivity contribution in [2.24, 2.45) is 0 Å². The van der Waals surface area contributed by atoms with E-state index in [0.717, 1.165) is 34.8 Å². The molecule has 0 spiro atoms. The number of ether oxygens (including phenoxy) is 2. The summed E-state index contributed by atoms with van der Waals surface area (Å²) < 4.78 is 25.7. The second-order valence-electron chi connectivity index (χ2n) is 12.5. The zero-order valence-corrected chi connectivity index (χ0v) is 26.6. The lowest BCUT2D eigenvalue weighted by atomic mass is 9.99. The van der Waals surface area contributed by atoms with Crippen LogP contribution in [-0.2, 0) is 22.5 Å². The number of amides is 1. The van der Waals surface area contributed by atoms with Gasteiger partial charge in [-0.2, -0.15) is 15.2 Å². The Bertz CT molecular complexity index is 1690. The number of methoxy groups -OCH3 is 1. The number of likely N-dealkylation sites (tertiary alicyclic amines) is 1. The van der Waals surface area contributed by atoms with Gasteiger partial charge in [-0.1, -0.05) is 36.9 Å².